The number of unbranched alkanes of at least 4 members (excludes halogenated alkanes) is 6. The Balaban J connectivity index is 1.76. The fraction of sp³-hybridized carbons (Fsp3) is 0.786. The number of hydrogen-bond donors (Lipinski definition) is 1. The van der Waals surface area contributed by atoms with Crippen LogP contribution in [-0.2, 0) is 6.54 Å². The summed E-state index contributed by atoms with van der Waals surface area (Å²) in [6.45, 7) is 5.42. The van der Waals surface area contributed by atoms with Crippen molar-refractivity contribution in [2.45, 2.75) is 58.4 Å². The van der Waals surface area contributed by atoms with Gasteiger partial charge in [-0.25, -0.2) is 0 Å². The largest absolute Gasteiger partial charge is 0.315 e. The zero-order valence-corrected chi connectivity index (χ0v) is 11.2. The molecule has 0 unspecified atom stereocenters. The van der Waals surface area contributed by atoms with E-state index in [4.69, 9.17) is 0 Å². The van der Waals surface area contributed by atoms with Crippen LogP contribution >= 0.6 is 0 Å². The van der Waals surface area contributed by atoms with Gasteiger partial charge in [0.15, 0.2) is 0 Å². The van der Waals surface area contributed by atoms with E-state index in [0.717, 1.165) is 19.6 Å². The van der Waals surface area contributed by atoms with Crippen molar-refractivity contribution in [3.8, 4) is 0 Å². The molecule has 0 aliphatic heterocycles. The molecule has 98 valence electrons. The summed E-state index contributed by atoms with van der Waals surface area (Å²) in [5, 5.41) is 7.63. The van der Waals surface area contributed by atoms with Crippen molar-refractivity contribution in [2.24, 2.45) is 0 Å². The molecule has 0 aliphatic rings. The average molecular weight is 237 g/mol. The Kier molecular flexibility index (Phi) is 8.65. The van der Waals surface area contributed by atoms with E-state index in [9.17, 15) is 0 Å². The predicted molar refractivity (Wildman–Crippen MR) is 73.1 cm³/mol. The zero-order chi connectivity index (χ0) is 12.2. The van der Waals surface area contributed by atoms with Crippen molar-refractivity contribution < 1.29 is 0 Å². The third-order valence-electron chi connectivity index (χ3n) is 3.03. The van der Waals surface area contributed by atoms with Crippen molar-refractivity contribution in [1.29, 1.82) is 0 Å². The highest BCUT2D eigenvalue weighted by molar-refractivity contribution is 4.77. The highest BCUT2D eigenvalue weighted by Gasteiger charge is 1.92. The lowest BCUT2D eigenvalue weighted by atomic mass is 10.1. The van der Waals surface area contributed by atoms with Gasteiger partial charge in [-0.1, -0.05) is 45.4 Å². The van der Waals surface area contributed by atoms with Crippen LogP contribution in [0.1, 0.15) is 51.9 Å². The number of hydrogen-bond acceptors (Lipinski definition) is 2. The predicted octanol–water partition coefficient (Wildman–Crippen LogP) is 3.22. The maximum absolute atomic E-state index is 4.17. The highest BCUT2D eigenvalue weighted by Crippen LogP contribution is 2.06. The normalized spacial score (nSPS) is 10.9. The van der Waals surface area contributed by atoms with Crippen LogP contribution in [0.25, 0.3) is 0 Å². The van der Waals surface area contributed by atoms with E-state index in [2.05, 4.69) is 17.3 Å². The molecule has 0 spiro atoms. The summed E-state index contributed by atoms with van der Waals surface area (Å²) in [4.78, 5) is 0. The Labute approximate surface area is 106 Å². The van der Waals surface area contributed by atoms with Gasteiger partial charge in [0.05, 0.1) is 6.54 Å². The van der Waals surface area contributed by atoms with Crippen LogP contribution < -0.4 is 5.32 Å². The molecule has 0 bridgehead atoms. The van der Waals surface area contributed by atoms with Gasteiger partial charge in [0.1, 0.15) is 0 Å². The minimum absolute atomic E-state index is 0.976. The molecular weight excluding hydrogens is 210 g/mol. The fourth-order valence-electron chi connectivity index (χ4n) is 1.96. The lowest BCUT2D eigenvalue weighted by Gasteiger charge is -2.05. The van der Waals surface area contributed by atoms with Crippen molar-refractivity contribution >= 4 is 0 Å². The molecule has 0 fully saturated rings. The molecule has 1 aromatic heterocycles. The molecule has 0 aliphatic carbocycles. The second-order valence-corrected chi connectivity index (χ2v) is 4.64. The first-order valence-electron chi connectivity index (χ1n) is 7.11. The lowest BCUT2D eigenvalue weighted by Crippen LogP contribution is -2.21. The first-order chi connectivity index (χ1) is 8.43. The van der Waals surface area contributed by atoms with Gasteiger partial charge in [-0.05, 0) is 19.0 Å². The molecule has 0 saturated carbocycles. The maximum atomic E-state index is 4.17. The molecule has 3 nitrogen and oxygen atoms in total. The molecule has 1 N–H and O–H groups in total. The van der Waals surface area contributed by atoms with Crippen LogP contribution in [-0.4, -0.2) is 22.9 Å². The molecule has 3 heteroatoms. The van der Waals surface area contributed by atoms with E-state index >= 15 is 0 Å². The molecule has 0 saturated heterocycles. The molecule has 0 atom stereocenters. The first kappa shape index (κ1) is 14.2. The number of aromatic nitrogens is 2. The van der Waals surface area contributed by atoms with Crippen molar-refractivity contribution in [3.05, 3.63) is 18.5 Å². The van der Waals surface area contributed by atoms with Crippen LogP contribution in [0.4, 0.5) is 0 Å². The average Bonchev–Trinajstić information content (AvgIpc) is 2.85. The topological polar surface area (TPSA) is 29.9 Å². The summed E-state index contributed by atoms with van der Waals surface area (Å²) in [5.41, 5.74) is 0. The maximum Gasteiger partial charge on any atom is 0.0533 e. The molecule has 1 heterocycles. The van der Waals surface area contributed by atoms with Crippen molar-refractivity contribution in [2.75, 3.05) is 13.1 Å². The summed E-state index contributed by atoms with van der Waals surface area (Å²) < 4.78 is 1.97. The molecule has 0 amide bonds. The van der Waals surface area contributed by atoms with E-state index in [0.29, 0.717) is 0 Å². The SMILES string of the molecule is CCCCCCCCCNCCn1cccn1. The third kappa shape index (κ3) is 7.97. The summed E-state index contributed by atoms with van der Waals surface area (Å²) in [7, 11) is 0. The van der Waals surface area contributed by atoms with Gasteiger partial charge in [0.25, 0.3) is 0 Å². The van der Waals surface area contributed by atoms with Crippen LogP contribution in [0.15, 0.2) is 18.5 Å². The Bertz CT molecular complexity index is 244. The summed E-state index contributed by atoms with van der Waals surface area (Å²) in [5.74, 6) is 0. The Morgan fingerprint density at radius 1 is 1.00 bits per heavy atom. The van der Waals surface area contributed by atoms with Crippen molar-refractivity contribution in [1.82, 2.24) is 15.1 Å². The Hall–Kier alpha value is -0.830. The number of rotatable bonds is 11. The minimum atomic E-state index is 0.976. The van der Waals surface area contributed by atoms with Gasteiger partial charge in [-0.2, -0.15) is 5.10 Å². The van der Waals surface area contributed by atoms with Gasteiger partial charge >= 0.3 is 0 Å². The molecule has 0 radical (unpaired) electrons. The standard InChI is InChI=1S/C14H27N3/c1-2-3-4-5-6-7-8-10-15-12-14-17-13-9-11-16-17/h9,11,13,15H,2-8,10,12,14H2,1H3. The van der Waals surface area contributed by atoms with E-state index < -0.39 is 0 Å². The highest BCUT2D eigenvalue weighted by atomic mass is 15.3. The van der Waals surface area contributed by atoms with Gasteiger partial charge in [0, 0.05) is 18.9 Å². The van der Waals surface area contributed by atoms with Gasteiger partial charge in [-0.15, -0.1) is 0 Å². The number of nitrogens with zero attached hydrogens (tertiary/aromatic N) is 2. The second kappa shape index (κ2) is 10.3. The van der Waals surface area contributed by atoms with Crippen LogP contribution in [0, 0.1) is 0 Å². The van der Waals surface area contributed by atoms with E-state index in [1.807, 2.05) is 23.1 Å². The van der Waals surface area contributed by atoms with Crippen LogP contribution in [0.5, 0.6) is 0 Å². The van der Waals surface area contributed by atoms with Gasteiger partial charge in [0.2, 0.25) is 0 Å². The molecule has 0 aromatic carbocycles. The summed E-state index contributed by atoms with van der Waals surface area (Å²) in [6.07, 6.45) is 13.5. The monoisotopic (exact) mass is 237 g/mol. The summed E-state index contributed by atoms with van der Waals surface area (Å²) >= 11 is 0. The fourth-order valence-corrected chi connectivity index (χ4v) is 1.96. The summed E-state index contributed by atoms with van der Waals surface area (Å²) in [6, 6.07) is 1.97. The minimum Gasteiger partial charge on any atom is -0.315 e. The van der Waals surface area contributed by atoms with Crippen LogP contribution in [0.2, 0.25) is 0 Å². The van der Waals surface area contributed by atoms with E-state index in [-0.39, 0.29) is 0 Å². The molecule has 1 rings (SSSR count). The first-order valence-corrected chi connectivity index (χ1v) is 7.11. The lowest BCUT2D eigenvalue weighted by molar-refractivity contribution is 0.526. The zero-order valence-electron chi connectivity index (χ0n) is 11.2. The Morgan fingerprint density at radius 2 is 1.76 bits per heavy atom. The smallest absolute Gasteiger partial charge is 0.0533 e. The third-order valence-corrected chi connectivity index (χ3v) is 3.03. The van der Waals surface area contributed by atoms with Crippen LogP contribution in [0.3, 0.4) is 0 Å². The number of nitrogens with one attached hydrogen (secondary N) is 1. The van der Waals surface area contributed by atoms with Gasteiger partial charge in [-0.3, -0.25) is 4.68 Å². The van der Waals surface area contributed by atoms with Crippen molar-refractivity contribution in [3.63, 3.8) is 0 Å². The van der Waals surface area contributed by atoms with E-state index in [1.165, 1.54) is 44.9 Å². The van der Waals surface area contributed by atoms with Gasteiger partial charge < -0.3 is 5.32 Å². The second-order valence-electron chi connectivity index (χ2n) is 4.64. The van der Waals surface area contributed by atoms with E-state index in [1.54, 1.807) is 0 Å². The molecule has 1 aromatic rings. The molecule has 17 heavy (non-hydrogen) atoms. The quantitative estimate of drug-likeness (QED) is 0.599. The molecular formula is C14H27N3. The Morgan fingerprint density at radius 3 is 2.47 bits per heavy atom.